The third-order valence-corrected chi connectivity index (χ3v) is 3.90. The molecule has 6 heteroatoms. The van der Waals surface area contributed by atoms with Crippen LogP contribution < -0.4 is 10.2 Å². The monoisotopic (exact) mass is 335 g/mol. The minimum atomic E-state index is -0.0972. The summed E-state index contributed by atoms with van der Waals surface area (Å²) in [5.74, 6) is -0.0972. The summed E-state index contributed by atoms with van der Waals surface area (Å²) in [6.45, 7) is 0.436. The van der Waals surface area contributed by atoms with Crippen LogP contribution in [0.5, 0.6) is 0 Å². The molecule has 0 aliphatic rings. The summed E-state index contributed by atoms with van der Waals surface area (Å²) in [4.78, 5) is 18.7. The van der Waals surface area contributed by atoms with Crippen molar-refractivity contribution in [3.8, 4) is 11.3 Å². The third kappa shape index (κ3) is 4.03. The number of rotatable bonds is 5. The third-order valence-electron chi connectivity index (χ3n) is 3.90. The van der Waals surface area contributed by atoms with Crippen LogP contribution in [-0.2, 0) is 13.6 Å². The number of hydrogen-bond donors (Lipinski definition) is 1. The van der Waals surface area contributed by atoms with Gasteiger partial charge in [0, 0.05) is 56.9 Å². The van der Waals surface area contributed by atoms with Gasteiger partial charge in [0.15, 0.2) is 0 Å². The summed E-state index contributed by atoms with van der Waals surface area (Å²) in [5, 5.41) is 7.07. The summed E-state index contributed by atoms with van der Waals surface area (Å²) < 4.78 is 1.74. The first-order chi connectivity index (χ1) is 12.0. The van der Waals surface area contributed by atoms with Gasteiger partial charge in [-0.15, -0.1) is 0 Å². The number of anilines is 1. The smallest absolute Gasteiger partial charge is 0.251 e. The molecule has 3 aromatic rings. The number of pyridine rings is 1. The lowest BCUT2D eigenvalue weighted by molar-refractivity contribution is 0.0951. The number of hydrogen-bond acceptors (Lipinski definition) is 4. The van der Waals surface area contributed by atoms with Crippen LogP contribution >= 0.6 is 0 Å². The lowest BCUT2D eigenvalue weighted by Gasteiger charge is -2.13. The van der Waals surface area contributed by atoms with Crippen molar-refractivity contribution in [2.24, 2.45) is 7.05 Å². The Morgan fingerprint density at radius 1 is 1.20 bits per heavy atom. The normalized spacial score (nSPS) is 10.5. The molecule has 0 saturated carbocycles. The average Bonchev–Trinajstić information content (AvgIpc) is 3.06. The van der Waals surface area contributed by atoms with Crippen LogP contribution in [0.2, 0.25) is 0 Å². The molecule has 0 spiro atoms. The molecule has 0 unspecified atom stereocenters. The van der Waals surface area contributed by atoms with Gasteiger partial charge in [-0.3, -0.25) is 14.5 Å². The second-order valence-electron chi connectivity index (χ2n) is 6.08. The van der Waals surface area contributed by atoms with Crippen molar-refractivity contribution >= 4 is 11.6 Å². The van der Waals surface area contributed by atoms with Crippen LogP contribution in [0.15, 0.2) is 55.0 Å². The lowest BCUT2D eigenvalue weighted by Crippen LogP contribution is -2.23. The van der Waals surface area contributed by atoms with Gasteiger partial charge in [-0.05, 0) is 29.8 Å². The maximum atomic E-state index is 12.3. The van der Waals surface area contributed by atoms with Crippen molar-refractivity contribution in [1.82, 2.24) is 20.1 Å². The molecule has 0 saturated heterocycles. The molecule has 0 aliphatic carbocycles. The number of benzene rings is 1. The van der Waals surface area contributed by atoms with E-state index < -0.39 is 0 Å². The van der Waals surface area contributed by atoms with E-state index in [-0.39, 0.29) is 5.91 Å². The predicted molar refractivity (Wildman–Crippen MR) is 98.4 cm³/mol. The van der Waals surface area contributed by atoms with E-state index in [0.29, 0.717) is 12.1 Å². The fourth-order valence-electron chi connectivity index (χ4n) is 2.46. The number of aromatic nitrogens is 3. The number of aryl methyl sites for hydroxylation is 1. The summed E-state index contributed by atoms with van der Waals surface area (Å²) in [5.41, 5.74) is 4.42. The van der Waals surface area contributed by atoms with Crippen LogP contribution in [0.25, 0.3) is 11.3 Å². The van der Waals surface area contributed by atoms with Crippen molar-refractivity contribution in [2.45, 2.75) is 6.54 Å². The van der Waals surface area contributed by atoms with E-state index in [2.05, 4.69) is 15.4 Å². The summed E-state index contributed by atoms with van der Waals surface area (Å²) in [6, 6.07) is 11.4. The van der Waals surface area contributed by atoms with Gasteiger partial charge >= 0.3 is 0 Å². The zero-order valence-corrected chi connectivity index (χ0v) is 14.6. The number of carbonyl (C=O) groups is 1. The van der Waals surface area contributed by atoms with Gasteiger partial charge in [0.25, 0.3) is 5.91 Å². The molecule has 3 rings (SSSR count). The summed E-state index contributed by atoms with van der Waals surface area (Å²) in [7, 11) is 5.78. The Morgan fingerprint density at radius 2 is 2.04 bits per heavy atom. The minimum Gasteiger partial charge on any atom is -0.378 e. The molecule has 0 atom stereocenters. The minimum absolute atomic E-state index is 0.0972. The number of carbonyl (C=O) groups excluding carboxylic acids is 1. The Bertz CT molecular complexity index is 868. The van der Waals surface area contributed by atoms with Gasteiger partial charge < -0.3 is 10.2 Å². The first-order valence-corrected chi connectivity index (χ1v) is 8.02. The van der Waals surface area contributed by atoms with Gasteiger partial charge in [0.05, 0.1) is 11.9 Å². The Labute approximate surface area is 147 Å². The largest absolute Gasteiger partial charge is 0.378 e. The Balaban J connectivity index is 1.63. The van der Waals surface area contributed by atoms with Crippen molar-refractivity contribution < 1.29 is 4.79 Å². The molecular formula is C19H21N5O. The molecule has 2 heterocycles. The van der Waals surface area contributed by atoms with Gasteiger partial charge in [-0.2, -0.15) is 5.10 Å². The molecule has 128 valence electrons. The standard InChI is InChI=1S/C19H21N5O/c1-23(2)17-6-4-5-15(9-17)19(25)21-11-14-7-8-18(20-10-14)16-12-22-24(3)13-16/h4-10,12-13H,11H2,1-3H3,(H,21,25). The Hall–Kier alpha value is -3.15. The van der Waals surface area contributed by atoms with Crippen molar-refractivity contribution in [2.75, 3.05) is 19.0 Å². The molecule has 1 amide bonds. The zero-order valence-electron chi connectivity index (χ0n) is 14.6. The van der Waals surface area contributed by atoms with Gasteiger partial charge in [-0.1, -0.05) is 12.1 Å². The van der Waals surface area contributed by atoms with Gasteiger partial charge in [0.1, 0.15) is 0 Å². The number of amides is 1. The van der Waals surface area contributed by atoms with Crippen LogP contribution in [0.4, 0.5) is 5.69 Å². The quantitative estimate of drug-likeness (QED) is 0.778. The van der Waals surface area contributed by atoms with Crippen LogP contribution in [-0.4, -0.2) is 34.8 Å². The average molecular weight is 335 g/mol. The first kappa shape index (κ1) is 16.7. The second-order valence-corrected chi connectivity index (χ2v) is 6.08. The zero-order chi connectivity index (χ0) is 17.8. The molecule has 0 radical (unpaired) electrons. The van der Waals surface area contributed by atoms with E-state index in [4.69, 9.17) is 0 Å². The van der Waals surface area contributed by atoms with Crippen LogP contribution in [0.1, 0.15) is 15.9 Å². The van der Waals surface area contributed by atoms with E-state index in [1.165, 1.54) is 0 Å². The molecule has 0 fully saturated rings. The van der Waals surface area contributed by atoms with Crippen molar-refractivity contribution in [3.63, 3.8) is 0 Å². The highest BCUT2D eigenvalue weighted by Crippen LogP contribution is 2.16. The fraction of sp³-hybridized carbons (Fsp3) is 0.211. The van der Waals surface area contributed by atoms with Gasteiger partial charge in [-0.25, -0.2) is 0 Å². The van der Waals surface area contributed by atoms with E-state index in [1.807, 2.05) is 68.6 Å². The van der Waals surface area contributed by atoms with E-state index in [9.17, 15) is 4.79 Å². The number of nitrogens with zero attached hydrogens (tertiary/aromatic N) is 4. The highest BCUT2D eigenvalue weighted by atomic mass is 16.1. The lowest BCUT2D eigenvalue weighted by atomic mass is 10.1. The maximum Gasteiger partial charge on any atom is 0.251 e. The molecule has 2 aromatic heterocycles. The van der Waals surface area contributed by atoms with E-state index in [1.54, 1.807) is 17.1 Å². The van der Waals surface area contributed by atoms with E-state index >= 15 is 0 Å². The van der Waals surface area contributed by atoms with Crippen LogP contribution in [0, 0.1) is 0 Å². The molecule has 6 nitrogen and oxygen atoms in total. The van der Waals surface area contributed by atoms with Gasteiger partial charge in [0.2, 0.25) is 0 Å². The summed E-state index contributed by atoms with van der Waals surface area (Å²) >= 11 is 0. The maximum absolute atomic E-state index is 12.3. The highest BCUT2D eigenvalue weighted by Gasteiger charge is 2.07. The fourth-order valence-corrected chi connectivity index (χ4v) is 2.46. The predicted octanol–water partition coefficient (Wildman–Crippen LogP) is 2.48. The molecule has 1 aromatic carbocycles. The molecule has 0 aliphatic heterocycles. The SMILES string of the molecule is CN(C)c1cccc(C(=O)NCc2ccc(-c3cnn(C)c3)nc2)c1. The molecule has 1 N–H and O–H groups in total. The summed E-state index contributed by atoms with van der Waals surface area (Å²) in [6.07, 6.45) is 5.47. The molecule has 25 heavy (non-hydrogen) atoms. The van der Waals surface area contributed by atoms with E-state index in [0.717, 1.165) is 22.5 Å². The topological polar surface area (TPSA) is 63.1 Å². The molecular weight excluding hydrogens is 314 g/mol. The van der Waals surface area contributed by atoms with Crippen LogP contribution in [0.3, 0.4) is 0 Å². The van der Waals surface area contributed by atoms with Crippen molar-refractivity contribution in [1.29, 1.82) is 0 Å². The Morgan fingerprint density at radius 3 is 2.68 bits per heavy atom. The second kappa shape index (κ2) is 7.17. The number of nitrogens with one attached hydrogen (secondary N) is 1. The van der Waals surface area contributed by atoms with Crippen molar-refractivity contribution in [3.05, 3.63) is 66.1 Å². The Kier molecular flexibility index (Phi) is 4.79. The molecule has 0 bridgehead atoms. The highest BCUT2D eigenvalue weighted by molar-refractivity contribution is 5.95. The first-order valence-electron chi connectivity index (χ1n) is 8.02.